The molecule has 1 heterocycles. The van der Waals surface area contributed by atoms with E-state index in [9.17, 15) is 5.11 Å². The standard InChI is InChI=1S/C18H17NOS/c1-18(20,15-10-6-3-7-11-15)13-16-12-17(21-19-16)14-8-4-2-5-9-14/h2-12,20H,13H2,1H3. The quantitative estimate of drug-likeness (QED) is 0.780. The zero-order valence-electron chi connectivity index (χ0n) is 11.9. The molecule has 0 radical (unpaired) electrons. The fraction of sp³-hybridized carbons (Fsp3) is 0.167. The van der Waals surface area contributed by atoms with Crippen molar-refractivity contribution in [3.63, 3.8) is 0 Å². The predicted octanol–water partition coefficient (Wildman–Crippen LogP) is 4.26. The van der Waals surface area contributed by atoms with Crippen LogP contribution in [0.3, 0.4) is 0 Å². The number of benzene rings is 2. The summed E-state index contributed by atoms with van der Waals surface area (Å²) in [5, 5.41) is 10.7. The summed E-state index contributed by atoms with van der Waals surface area (Å²) in [4.78, 5) is 1.13. The van der Waals surface area contributed by atoms with Crippen LogP contribution in [0.4, 0.5) is 0 Å². The van der Waals surface area contributed by atoms with Gasteiger partial charge in [0.15, 0.2) is 0 Å². The monoisotopic (exact) mass is 295 g/mol. The SMILES string of the molecule is CC(O)(Cc1cc(-c2ccccc2)sn1)c1ccccc1. The first kappa shape index (κ1) is 14.0. The number of hydrogen-bond donors (Lipinski definition) is 1. The highest BCUT2D eigenvalue weighted by atomic mass is 32.1. The molecule has 2 aromatic carbocycles. The second-order valence-electron chi connectivity index (χ2n) is 5.37. The van der Waals surface area contributed by atoms with Gasteiger partial charge in [0.2, 0.25) is 0 Å². The van der Waals surface area contributed by atoms with Gasteiger partial charge in [-0.15, -0.1) is 0 Å². The summed E-state index contributed by atoms with van der Waals surface area (Å²) in [6.07, 6.45) is 0.514. The topological polar surface area (TPSA) is 33.1 Å². The number of hydrogen-bond acceptors (Lipinski definition) is 3. The van der Waals surface area contributed by atoms with Crippen molar-refractivity contribution >= 4 is 11.5 Å². The summed E-state index contributed by atoms with van der Waals surface area (Å²) >= 11 is 1.48. The fourth-order valence-electron chi connectivity index (χ4n) is 2.39. The number of rotatable bonds is 4. The van der Waals surface area contributed by atoms with Crippen molar-refractivity contribution in [1.82, 2.24) is 4.37 Å². The molecule has 0 saturated heterocycles. The normalized spacial score (nSPS) is 13.8. The van der Waals surface area contributed by atoms with Crippen LogP contribution in [0.15, 0.2) is 66.7 Å². The van der Waals surface area contributed by atoms with Gasteiger partial charge in [-0.25, -0.2) is 0 Å². The van der Waals surface area contributed by atoms with Crippen molar-refractivity contribution in [2.24, 2.45) is 0 Å². The van der Waals surface area contributed by atoms with Crippen molar-refractivity contribution in [2.45, 2.75) is 18.9 Å². The summed E-state index contributed by atoms with van der Waals surface area (Å²) in [5.74, 6) is 0. The molecular weight excluding hydrogens is 278 g/mol. The summed E-state index contributed by atoms with van der Waals surface area (Å²) in [7, 11) is 0. The Bertz CT molecular complexity index is 704. The minimum atomic E-state index is -0.900. The average Bonchev–Trinajstić information content (AvgIpc) is 2.97. The van der Waals surface area contributed by atoms with Crippen LogP contribution in [-0.2, 0) is 12.0 Å². The summed E-state index contributed by atoms with van der Waals surface area (Å²) in [6, 6.07) is 22.0. The zero-order valence-corrected chi connectivity index (χ0v) is 12.7. The van der Waals surface area contributed by atoms with Crippen LogP contribution >= 0.6 is 11.5 Å². The first-order valence-electron chi connectivity index (χ1n) is 6.94. The van der Waals surface area contributed by atoms with Gasteiger partial charge in [-0.05, 0) is 35.6 Å². The van der Waals surface area contributed by atoms with E-state index in [4.69, 9.17) is 0 Å². The van der Waals surface area contributed by atoms with Gasteiger partial charge in [0, 0.05) is 6.42 Å². The molecule has 0 spiro atoms. The van der Waals surface area contributed by atoms with Crippen LogP contribution in [0.25, 0.3) is 10.4 Å². The molecule has 0 amide bonds. The Kier molecular flexibility index (Phi) is 3.86. The molecule has 0 bridgehead atoms. The first-order chi connectivity index (χ1) is 10.1. The second kappa shape index (κ2) is 5.80. The van der Waals surface area contributed by atoms with Gasteiger partial charge in [0.05, 0.1) is 16.2 Å². The Labute approximate surface area is 128 Å². The first-order valence-corrected chi connectivity index (χ1v) is 7.71. The van der Waals surface area contributed by atoms with Gasteiger partial charge in [0.25, 0.3) is 0 Å². The maximum absolute atomic E-state index is 10.7. The lowest BCUT2D eigenvalue weighted by Crippen LogP contribution is -2.24. The van der Waals surface area contributed by atoms with Crippen molar-refractivity contribution in [3.8, 4) is 10.4 Å². The molecule has 3 heteroatoms. The van der Waals surface area contributed by atoms with Crippen LogP contribution in [-0.4, -0.2) is 9.48 Å². The second-order valence-corrected chi connectivity index (χ2v) is 6.17. The lowest BCUT2D eigenvalue weighted by molar-refractivity contribution is 0.0568. The van der Waals surface area contributed by atoms with Crippen molar-refractivity contribution < 1.29 is 5.11 Å². The lowest BCUT2D eigenvalue weighted by atomic mass is 9.91. The molecule has 0 aliphatic heterocycles. The molecule has 2 nitrogen and oxygen atoms in total. The van der Waals surface area contributed by atoms with Gasteiger partial charge < -0.3 is 5.11 Å². The van der Waals surface area contributed by atoms with Gasteiger partial charge in [-0.2, -0.15) is 4.37 Å². The molecular formula is C18H17NOS. The molecule has 3 aromatic rings. The van der Waals surface area contributed by atoms with Crippen LogP contribution in [0.2, 0.25) is 0 Å². The lowest BCUT2D eigenvalue weighted by Gasteiger charge is -2.22. The number of aliphatic hydroxyl groups is 1. The highest BCUT2D eigenvalue weighted by Gasteiger charge is 2.24. The molecule has 3 rings (SSSR count). The smallest absolute Gasteiger partial charge is 0.0924 e. The van der Waals surface area contributed by atoms with E-state index >= 15 is 0 Å². The average molecular weight is 295 g/mol. The maximum atomic E-state index is 10.7. The van der Waals surface area contributed by atoms with Crippen LogP contribution < -0.4 is 0 Å². The van der Waals surface area contributed by atoms with E-state index in [1.54, 1.807) is 0 Å². The van der Waals surface area contributed by atoms with Crippen LogP contribution in [0, 0.1) is 0 Å². The Hall–Kier alpha value is -1.97. The van der Waals surface area contributed by atoms with E-state index in [1.165, 1.54) is 17.1 Å². The molecule has 0 saturated carbocycles. The van der Waals surface area contributed by atoms with E-state index in [1.807, 2.05) is 55.5 Å². The Morgan fingerprint density at radius 3 is 2.29 bits per heavy atom. The Morgan fingerprint density at radius 1 is 1.00 bits per heavy atom. The highest BCUT2D eigenvalue weighted by molar-refractivity contribution is 7.09. The Balaban J connectivity index is 1.82. The third kappa shape index (κ3) is 3.20. The van der Waals surface area contributed by atoms with E-state index in [0.29, 0.717) is 6.42 Å². The molecule has 0 fully saturated rings. The van der Waals surface area contributed by atoms with Crippen molar-refractivity contribution in [3.05, 3.63) is 78.0 Å². The van der Waals surface area contributed by atoms with Gasteiger partial charge in [0.1, 0.15) is 0 Å². The van der Waals surface area contributed by atoms with E-state index in [-0.39, 0.29) is 0 Å². The minimum absolute atomic E-state index is 0.514. The zero-order chi connectivity index (χ0) is 14.7. The van der Waals surface area contributed by atoms with Gasteiger partial charge >= 0.3 is 0 Å². The van der Waals surface area contributed by atoms with Gasteiger partial charge in [-0.3, -0.25) is 0 Å². The van der Waals surface area contributed by atoms with E-state index in [2.05, 4.69) is 22.6 Å². The molecule has 1 unspecified atom stereocenters. The molecule has 106 valence electrons. The Morgan fingerprint density at radius 2 is 1.62 bits per heavy atom. The summed E-state index contributed by atoms with van der Waals surface area (Å²) < 4.78 is 4.48. The number of nitrogens with zero attached hydrogens (tertiary/aromatic N) is 1. The molecule has 1 aromatic heterocycles. The molecule has 21 heavy (non-hydrogen) atoms. The molecule has 0 aliphatic rings. The van der Waals surface area contributed by atoms with Crippen molar-refractivity contribution in [2.75, 3.05) is 0 Å². The molecule has 1 atom stereocenters. The highest BCUT2D eigenvalue weighted by Crippen LogP contribution is 2.29. The summed E-state index contributed by atoms with van der Waals surface area (Å²) in [5.41, 5.74) is 2.11. The predicted molar refractivity (Wildman–Crippen MR) is 87.3 cm³/mol. The fourth-order valence-corrected chi connectivity index (χ4v) is 3.15. The van der Waals surface area contributed by atoms with Crippen LogP contribution in [0.1, 0.15) is 18.2 Å². The molecule has 1 N–H and O–H groups in total. The third-order valence-electron chi connectivity index (χ3n) is 3.54. The van der Waals surface area contributed by atoms with Crippen molar-refractivity contribution in [1.29, 1.82) is 0 Å². The van der Waals surface area contributed by atoms with E-state index < -0.39 is 5.60 Å². The third-order valence-corrected chi connectivity index (χ3v) is 4.41. The minimum Gasteiger partial charge on any atom is -0.385 e. The largest absolute Gasteiger partial charge is 0.385 e. The maximum Gasteiger partial charge on any atom is 0.0924 e. The molecule has 0 aliphatic carbocycles. The van der Waals surface area contributed by atoms with Gasteiger partial charge in [-0.1, -0.05) is 60.7 Å². The summed E-state index contributed by atoms with van der Waals surface area (Å²) in [6.45, 7) is 1.84. The number of aromatic nitrogens is 1. The van der Waals surface area contributed by atoms with Crippen LogP contribution in [0.5, 0.6) is 0 Å². The van der Waals surface area contributed by atoms with E-state index in [0.717, 1.165) is 16.1 Å².